The second-order valence-electron chi connectivity index (χ2n) is 7.75. The van der Waals surface area contributed by atoms with Gasteiger partial charge in [-0.1, -0.05) is 18.2 Å². The summed E-state index contributed by atoms with van der Waals surface area (Å²) in [7, 11) is 3.07. The van der Waals surface area contributed by atoms with Gasteiger partial charge in [0.1, 0.15) is 0 Å². The number of ketones is 2. The maximum Gasteiger partial charge on any atom is 0.198 e. The number of hydrogen-bond acceptors (Lipinski definition) is 6. The molecule has 0 N–H and O–H groups in total. The van der Waals surface area contributed by atoms with Gasteiger partial charge in [0.15, 0.2) is 28.9 Å². The molecule has 4 rings (SSSR count). The molecule has 2 aromatic heterocycles. The van der Waals surface area contributed by atoms with Gasteiger partial charge < -0.3 is 14.0 Å². The highest BCUT2D eigenvalue weighted by Gasteiger charge is 2.20. The molecule has 0 atom stereocenters. The molecule has 0 aliphatic carbocycles. The van der Waals surface area contributed by atoms with Crippen molar-refractivity contribution in [3.05, 3.63) is 64.9 Å². The highest BCUT2D eigenvalue weighted by atomic mass is 32.1. The van der Waals surface area contributed by atoms with Gasteiger partial charge in [-0.15, -0.1) is 11.3 Å². The number of methoxy groups -OCH3 is 2. The molecule has 0 aliphatic rings. The number of fused-ring (bicyclic) bond motifs is 1. The lowest BCUT2D eigenvalue weighted by Crippen LogP contribution is -2.11. The number of Topliss-reactive ketones (excluding diaryl/α,β-unsaturated/α-hetero) is 2. The fraction of sp³-hybridized carbons (Fsp3) is 0.269. The van der Waals surface area contributed by atoms with Crippen molar-refractivity contribution < 1.29 is 19.1 Å². The molecule has 0 fully saturated rings. The van der Waals surface area contributed by atoms with Gasteiger partial charge in [0.05, 0.1) is 19.9 Å². The van der Waals surface area contributed by atoms with E-state index in [0.717, 1.165) is 16.6 Å². The predicted molar refractivity (Wildman–Crippen MR) is 131 cm³/mol. The van der Waals surface area contributed by atoms with Gasteiger partial charge in [-0.2, -0.15) is 0 Å². The number of carbonyl (C=O) groups excluding carboxylic acids is 2. The molecule has 0 aliphatic heterocycles. The number of benzene rings is 2. The van der Waals surface area contributed by atoms with Crippen LogP contribution in [0.1, 0.15) is 46.3 Å². The van der Waals surface area contributed by atoms with Gasteiger partial charge in [0, 0.05) is 52.2 Å². The summed E-state index contributed by atoms with van der Waals surface area (Å²) in [6, 6.07) is 11.2. The summed E-state index contributed by atoms with van der Waals surface area (Å²) >= 11 is 1.69. The standard InChI is InChI=1S/C26H26N2O4S/c1-5-28-14-20(19-15-33-25-16(2)7-6-8-18(19)25)27-26(28)22(30)11-10-21(29)17-9-12-23(31-3)24(13-17)32-4/h6-9,12-15H,5,10-11H2,1-4H3. The van der Waals surface area contributed by atoms with E-state index in [0.29, 0.717) is 29.4 Å². The van der Waals surface area contributed by atoms with Crippen LogP contribution in [-0.2, 0) is 6.54 Å². The van der Waals surface area contributed by atoms with Crippen molar-refractivity contribution >= 4 is 33.0 Å². The first-order chi connectivity index (χ1) is 16.0. The number of rotatable bonds is 9. The Labute approximate surface area is 196 Å². The lowest BCUT2D eigenvalue weighted by Gasteiger charge is -2.09. The van der Waals surface area contributed by atoms with E-state index in [4.69, 9.17) is 9.47 Å². The second-order valence-corrected chi connectivity index (χ2v) is 8.63. The average Bonchev–Trinajstić information content (AvgIpc) is 3.46. The predicted octanol–water partition coefficient (Wildman–Crippen LogP) is 5.96. The fourth-order valence-corrected chi connectivity index (χ4v) is 4.95. The van der Waals surface area contributed by atoms with E-state index in [1.807, 2.05) is 23.8 Å². The summed E-state index contributed by atoms with van der Waals surface area (Å²) in [5.41, 5.74) is 3.52. The van der Waals surface area contributed by atoms with Crippen molar-refractivity contribution in [2.24, 2.45) is 0 Å². The third kappa shape index (κ3) is 4.41. The van der Waals surface area contributed by atoms with Crippen LogP contribution in [0, 0.1) is 6.92 Å². The van der Waals surface area contributed by atoms with E-state index in [9.17, 15) is 9.59 Å². The molecule has 2 heterocycles. The minimum absolute atomic E-state index is 0.0904. The summed E-state index contributed by atoms with van der Waals surface area (Å²) in [6.07, 6.45) is 2.11. The van der Waals surface area contributed by atoms with Crippen LogP contribution in [0.15, 0.2) is 48.0 Å². The number of ether oxygens (including phenoxy) is 2. The first kappa shape index (κ1) is 22.7. The third-order valence-electron chi connectivity index (χ3n) is 5.72. The zero-order valence-corrected chi connectivity index (χ0v) is 20.0. The lowest BCUT2D eigenvalue weighted by atomic mass is 10.0. The smallest absolute Gasteiger partial charge is 0.198 e. The Bertz CT molecular complexity index is 1340. The molecule has 7 heteroatoms. The van der Waals surface area contributed by atoms with Crippen molar-refractivity contribution in [1.82, 2.24) is 9.55 Å². The van der Waals surface area contributed by atoms with Crippen molar-refractivity contribution in [2.75, 3.05) is 14.2 Å². The lowest BCUT2D eigenvalue weighted by molar-refractivity contribution is 0.0909. The van der Waals surface area contributed by atoms with E-state index in [2.05, 4.69) is 29.4 Å². The highest BCUT2D eigenvalue weighted by molar-refractivity contribution is 7.18. The van der Waals surface area contributed by atoms with Crippen LogP contribution in [-0.4, -0.2) is 35.3 Å². The Kier molecular flexibility index (Phi) is 6.60. The molecule has 2 aromatic carbocycles. The number of aryl methyl sites for hydroxylation is 2. The van der Waals surface area contributed by atoms with E-state index in [1.54, 1.807) is 36.6 Å². The number of imidazole rings is 1. The minimum atomic E-state index is -0.146. The van der Waals surface area contributed by atoms with Gasteiger partial charge in [-0.25, -0.2) is 4.98 Å². The Morgan fingerprint density at radius 2 is 1.79 bits per heavy atom. The van der Waals surface area contributed by atoms with Crippen LogP contribution < -0.4 is 9.47 Å². The molecule has 0 radical (unpaired) electrons. The Balaban J connectivity index is 1.53. The van der Waals surface area contributed by atoms with Crippen LogP contribution in [0.25, 0.3) is 21.3 Å². The van der Waals surface area contributed by atoms with Gasteiger partial charge in [-0.05, 0) is 37.6 Å². The van der Waals surface area contributed by atoms with Crippen LogP contribution in [0.5, 0.6) is 11.5 Å². The Morgan fingerprint density at radius 1 is 1.03 bits per heavy atom. The van der Waals surface area contributed by atoms with E-state index < -0.39 is 0 Å². The highest BCUT2D eigenvalue weighted by Crippen LogP contribution is 2.35. The van der Waals surface area contributed by atoms with Gasteiger partial charge >= 0.3 is 0 Å². The van der Waals surface area contributed by atoms with Crippen LogP contribution >= 0.6 is 11.3 Å². The average molecular weight is 463 g/mol. The molecular weight excluding hydrogens is 436 g/mol. The first-order valence-corrected chi connectivity index (χ1v) is 11.7. The molecule has 33 heavy (non-hydrogen) atoms. The molecule has 4 aromatic rings. The van der Waals surface area contributed by atoms with Crippen LogP contribution in [0.3, 0.4) is 0 Å². The summed E-state index contributed by atoms with van der Waals surface area (Å²) in [5.74, 6) is 1.16. The first-order valence-electron chi connectivity index (χ1n) is 10.8. The van der Waals surface area contributed by atoms with E-state index in [-0.39, 0.29) is 24.4 Å². The SMILES string of the molecule is CCn1cc(-c2csc3c(C)cccc23)nc1C(=O)CCC(=O)c1ccc(OC)c(OC)c1. The molecule has 0 spiro atoms. The van der Waals surface area contributed by atoms with Crippen molar-refractivity contribution in [3.8, 4) is 22.8 Å². The van der Waals surface area contributed by atoms with E-state index >= 15 is 0 Å². The molecular formula is C26H26N2O4S. The van der Waals surface area contributed by atoms with Crippen LogP contribution in [0.4, 0.5) is 0 Å². The topological polar surface area (TPSA) is 70.4 Å². The summed E-state index contributed by atoms with van der Waals surface area (Å²) in [4.78, 5) is 30.4. The number of carbonyl (C=O) groups is 2. The van der Waals surface area contributed by atoms with Gasteiger partial charge in [0.2, 0.25) is 0 Å². The third-order valence-corrected chi connectivity index (χ3v) is 6.86. The minimum Gasteiger partial charge on any atom is -0.493 e. The van der Waals surface area contributed by atoms with Crippen LogP contribution in [0.2, 0.25) is 0 Å². The second kappa shape index (κ2) is 9.58. The molecule has 0 amide bonds. The number of thiophene rings is 1. The number of aromatic nitrogens is 2. The van der Waals surface area contributed by atoms with E-state index in [1.165, 1.54) is 17.4 Å². The summed E-state index contributed by atoms with van der Waals surface area (Å²) in [5, 5.41) is 3.23. The quantitative estimate of drug-likeness (QED) is 0.287. The van der Waals surface area contributed by atoms with Crippen molar-refractivity contribution in [2.45, 2.75) is 33.2 Å². The Hall–Kier alpha value is -3.45. The summed E-state index contributed by atoms with van der Waals surface area (Å²) < 4.78 is 13.6. The maximum atomic E-state index is 13.0. The van der Waals surface area contributed by atoms with Crippen molar-refractivity contribution in [3.63, 3.8) is 0 Å². The molecule has 0 saturated carbocycles. The normalized spacial score (nSPS) is 11.0. The largest absolute Gasteiger partial charge is 0.493 e. The fourth-order valence-electron chi connectivity index (χ4n) is 3.90. The monoisotopic (exact) mass is 462 g/mol. The maximum absolute atomic E-state index is 13.0. The Morgan fingerprint density at radius 3 is 2.52 bits per heavy atom. The zero-order chi connectivity index (χ0) is 23.5. The molecule has 170 valence electrons. The molecule has 6 nitrogen and oxygen atoms in total. The number of hydrogen-bond donors (Lipinski definition) is 0. The number of nitrogens with zero attached hydrogens (tertiary/aromatic N) is 2. The van der Waals surface area contributed by atoms with Gasteiger partial charge in [0.25, 0.3) is 0 Å². The van der Waals surface area contributed by atoms with Gasteiger partial charge in [-0.3, -0.25) is 9.59 Å². The van der Waals surface area contributed by atoms with Crippen molar-refractivity contribution in [1.29, 1.82) is 0 Å². The molecule has 0 saturated heterocycles. The zero-order valence-electron chi connectivity index (χ0n) is 19.2. The molecule has 0 unspecified atom stereocenters. The molecule has 0 bridgehead atoms. The summed E-state index contributed by atoms with van der Waals surface area (Å²) in [6.45, 7) is 4.70.